The van der Waals surface area contributed by atoms with Crippen LogP contribution < -0.4 is 15.8 Å². The zero-order valence-electron chi connectivity index (χ0n) is 14.3. The van der Waals surface area contributed by atoms with Gasteiger partial charge in [0.15, 0.2) is 5.69 Å². The minimum atomic E-state index is -3.33. The summed E-state index contributed by atoms with van der Waals surface area (Å²) in [5.74, 6) is -1.28. The highest BCUT2D eigenvalue weighted by Crippen LogP contribution is 2.26. The van der Waals surface area contributed by atoms with Gasteiger partial charge in [0.25, 0.3) is 0 Å². The first-order valence-corrected chi connectivity index (χ1v) is 10.3. The van der Waals surface area contributed by atoms with Gasteiger partial charge in [-0.3, -0.25) is 4.52 Å². The normalized spacial score (nSPS) is 11.7. The van der Waals surface area contributed by atoms with Crippen LogP contribution in [0.25, 0.3) is 17.2 Å². The standard InChI is InChI=1S/C14H14BrFN6O5S/c1-17-28(24,25)6-2-5-18-12-11(19-27-20-12)13-21-26-14(23)22(13)8-3-4-10(16)9(15)7-8/h3-4,7,17H,2,5-6H2,1H3,(H,18,20). The van der Waals surface area contributed by atoms with Crippen LogP contribution >= 0.6 is 15.9 Å². The number of rotatable bonds is 8. The van der Waals surface area contributed by atoms with Crippen molar-refractivity contribution in [1.29, 1.82) is 0 Å². The largest absolute Gasteiger partial charge is 0.446 e. The van der Waals surface area contributed by atoms with Gasteiger partial charge in [0.2, 0.25) is 21.7 Å². The Labute approximate surface area is 166 Å². The van der Waals surface area contributed by atoms with Crippen LogP contribution in [-0.2, 0) is 10.0 Å². The quantitative estimate of drug-likeness (QED) is 0.456. The Morgan fingerprint density at radius 3 is 2.79 bits per heavy atom. The first kappa shape index (κ1) is 20.2. The van der Waals surface area contributed by atoms with Crippen molar-refractivity contribution in [3.05, 3.63) is 39.0 Å². The highest BCUT2D eigenvalue weighted by atomic mass is 79.9. The summed E-state index contributed by atoms with van der Waals surface area (Å²) in [5, 5.41) is 14.0. The maximum Gasteiger partial charge on any atom is 0.446 e. The van der Waals surface area contributed by atoms with Crippen molar-refractivity contribution in [2.75, 3.05) is 24.7 Å². The van der Waals surface area contributed by atoms with Crippen LogP contribution in [0.2, 0.25) is 0 Å². The smallest absolute Gasteiger partial charge is 0.365 e. The molecule has 0 aliphatic heterocycles. The molecule has 0 saturated carbocycles. The van der Waals surface area contributed by atoms with E-state index in [1.165, 1.54) is 25.2 Å². The molecule has 1 aromatic carbocycles. The lowest BCUT2D eigenvalue weighted by atomic mass is 10.3. The summed E-state index contributed by atoms with van der Waals surface area (Å²) in [6.45, 7) is 0.242. The molecule has 11 nitrogen and oxygen atoms in total. The zero-order chi connectivity index (χ0) is 20.3. The number of halogens is 2. The molecule has 0 unspecified atom stereocenters. The van der Waals surface area contributed by atoms with E-state index in [2.05, 4.69) is 41.4 Å². The van der Waals surface area contributed by atoms with Crippen LogP contribution in [0.3, 0.4) is 0 Å². The molecule has 0 atom stereocenters. The molecule has 0 spiro atoms. The lowest BCUT2D eigenvalue weighted by Crippen LogP contribution is -2.23. The molecule has 150 valence electrons. The van der Waals surface area contributed by atoms with Gasteiger partial charge in [-0.15, -0.1) is 0 Å². The fraction of sp³-hybridized carbons (Fsp3) is 0.286. The number of anilines is 1. The van der Waals surface area contributed by atoms with E-state index in [9.17, 15) is 17.6 Å². The van der Waals surface area contributed by atoms with E-state index in [4.69, 9.17) is 9.15 Å². The SMILES string of the molecule is CNS(=O)(=O)CCCNc1nonc1-c1noc(=O)n1-c1ccc(F)c(Br)c1. The lowest BCUT2D eigenvalue weighted by Gasteiger charge is -2.06. The second kappa shape index (κ2) is 8.20. The van der Waals surface area contributed by atoms with Gasteiger partial charge in [-0.25, -0.2) is 31.5 Å². The molecule has 3 aromatic rings. The van der Waals surface area contributed by atoms with Gasteiger partial charge in [0.05, 0.1) is 15.9 Å². The molecule has 0 bridgehead atoms. The van der Waals surface area contributed by atoms with E-state index in [0.717, 1.165) is 4.57 Å². The second-order valence-electron chi connectivity index (χ2n) is 5.47. The number of hydrogen-bond donors (Lipinski definition) is 2. The Kier molecular flexibility index (Phi) is 5.90. The zero-order valence-corrected chi connectivity index (χ0v) is 16.8. The van der Waals surface area contributed by atoms with Gasteiger partial charge in [-0.05, 0) is 57.9 Å². The Balaban J connectivity index is 1.85. The molecule has 2 N–H and O–H groups in total. The molecule has 0 aliphatic rings. The first-order chi connectivity index (χ1) is 13.3. The molecule has 0 radical (unpaired) electrons. The minimum absolute atomic E-state index is 0.0184. The number of sulfonamides is 1. The second-order valence-corrected chi connectivity index (χ2v) is 8.37. The summed E-state index contributed by atoms with van der Waals surface area (Å²) < 4.78 is 49.2. The van der Waals surface area contributed by atoms with Crippen LogP contribution in [0.1, 0.15) is 6.42 Å². The highest BCUT2D eigenvalue weighted by Gasteiger charge is 2.23. The van der Waals surface area contributed by atoms with Crippen molar-refractivity contribution in [2.24, 2.45) is 0 Å². The summed E-state index contributed by atoms with van der Waals surface area (Å²) >= 11 is 3.05. The number of aromatic nitrogens is 4. The fourth-order valence-electron chi connectivity index (χ4n) is 2.27. The maximum absolute atomic E-state index is 13.5. The molecule has 2 aromatic heterocycles. The van der Waals surface area contributed by atoms with Gasteiger partial charge in [0.1, 0.15) is 5.82 Å². The van der Waals surface area contributed by atoms with E-state index < -0.39 is 21.6 Å². The van der Waals surface area contributed by atoms with Crippen molar-refractivity contribution in [3.8, 4) is 17.2 Å². The van der Waals surface area contributed by atoms with E-state index in [1.807, 2.05) is 0 Å². The number of nitrogens with zero attached hydrogens (tertiary/aromatic N) is 4. The highest BCUT2D eigenvalue weighted by molar-refractivity contribution is 9.10. The Morgan fingerprint density at radius 2 is 2.07 bits per heavy atom. The fourth-order valence-corrected chi connectivity index (χ4v) is 3.37. The third-order valence-electron chi connectivity index (χ3n) is 3.66. The predicted octanol–water partition coefficient (Wildman–Crippen LogP) is 1.13. The van der Waals surface area contributed by atoms with E-state index >= 15 is 0 Å². The molecular formula is C14H14BrFN6O5S. The molecule has 14 heteroatoms. The molecule has 0 fully saturated rings. The number of benzene rings is 1. The van der Waals surface area contributed by atoms with Crippen molar-refractivity contribution in [1.82, 2.24) is 24.8 Å². The Morgan fingerprint density at radius 1 is 1.29 bits per heavy atom. The van der Waals surface area contributed by atoms with Crippen molar-refractivity contribution in [2.45, 2.75) is 6.42 Å². The summed E-state index contributed by atoms with van der Waals surface area (Å²) in [6.07, 6.45) is 0.284. The average molecular weight is 477 g/mol. The van der Waals surface area contributed by atoms with E-state index in [1.54, 1.807) is 0 Å². The molecule has 28 heavy (non-hydrogen) atoms. The average Bonchev–Trinajstić information content (AvgIpc) is 3.27. The van der Waals surface area contributed by atoms with Gasteiger partial charge < -0.3 is 5.32 Å². The number of hydrogen-bond acceptors (Lipinski definition) is 9. The van der Waals surface area contributed by atoms with Gasteiger partial charge >= 0.3 is 5.76 Å². The van der Waals surface area contributed by atoms with Crippen molar-refractivity contribution >= 4 is 31.8 Å². The van der Waals surface area contributed by atoms with Crippen molar-refractivity contribution in [3.63, 3.8) is 0 Å². The molecule has 3 rings (SSSR count). The van der Waals surface area contributed by atoms with E-state index in [0.29, 0.717) is 0 Å². The molecule has 0 saturated heterocycles. The summed E-state index contributed by atoms with van der Waals surface area (Å²) in [5.41, 5.74) is 0.353. The van der Waals surface area contributed by atoms with E-state index in [-0.39, 0.29) is 46.2 Å². The Hall–Kier alpha value is -2.58. The molecular weight excluding hydrogens is 463 g/mol. The van der Waals surface area contributed by atoms with Crippen LogP contribution in [-0.4, -0.2) is 47.8 Å². The summed E-state index contributed by atoms with van der Waals surface area (Å²) in [7, 11) is -1.99. The first-order valence-electron chi connectivity index (χ1n) is 7.84. The van der Waals surface area contributed by atoms with Gasteiger partial charge in [-0.2, -0.15) is 0 Å². The Bertz CT molecular complexity index is 1140. The maximum atomic E-state index is 13.5. The monoisotopic (exact) mass is 476 g/mol. The summed E-state index contributed by atoms with van der Waals surface area (Å²) in [4.78, 5) is 12.1. The third kappa shape index (κ3) is 4.28. The summed E-state index contributed by atoms with van der Waals surface area (Å²) in [6, 6.07) is 3.91. The van der Waals surface area contributed by atoms with Crippen LogP contribution in [0.4, 0.5) is 10.2 Å². The lowest BCUT2D eigenvalue weighted by molar-refractivity contribution is 0.309. The molecule has 0 amide bonds. The molecule has 2 heterocycles. The van der Waals surface area contributed by atoms with Crippen LogP contribution in [0, 0.1) is 5.82 Å². The van der Waals surface area contributed by atoms with Crippen molar-refractivity contribution < 1.29 is 22.0 Å². The van der Waals surface area contributed by atoms with Gasteiger partial charge in [0, 0.05) is 6.54 Å². The molecule has 0 aliphatic carbocycles. The number of nitrogens with one attached hydrogen (secondary N) is 2. The predicted molar refractivity (Wildman–Crippen MR) is 99.0 cm³/mol. The minimum Gasteiger partial charge on any atom is -0.365 e. The topological polar surface area (TPSA) is 145 Å². The van der Waals surface area contributed by atoms with Crippen LogP contribution in [0.15, 0.2) is 36.6 Å². The van der Waals surface area contributed by atoms with Gasteiger partial charge in [-0.1, -0.05) is 5.16 Å². The van der Waals surface area contributed by atoms with Crippen LogP contribution in [0.5, 0.6) is 0 Å². The third-order valence-corrected chi connectivity index (χ3v) is 5.72.